The Labute approximate surface area is 85.6 Å². The van der Waals surface area contributed by atoms with Gasteiger partial charge in [-0.05, 0) is 5.87 Å². The molecule has 0 saturated carbocycles. The molecule has 0 aromatic heterocycles. The molecule has 1 rings (SSSR count). The van der Waals surface area contributed by atoms with E-state index in [1.54, 1.807) is 18.2 Å². The molecule has 0 amide bonds. The highest BCUT2D eigenvalue weighted by Crippen LogP contribution is 2.34. The summed E-state index contributed by atoms with van der Waals surface area (Å²) < 4.78 is 0. The molecule has 0 bridgehead atoms. The van der Waals surface area contributed by atoms with Gasteiger partial charge < -0.3 is 5.11 Å². The maximum atomic E-state index is 9.00. The highest BCUT2D eigenvalue weighted by molar-refractivity contribution is 5.84. The summed E-state index contributed by atoms with van der Waals surface area (Å²) in [5.74, 6) is 1.96. The van der Waals surface area contributed by atoms with Gasteiger partial charge in [0, 0.05) is 5.57 Å². The quantitative estimate of drug-likeness (QED) is 0.588. The van der Waals surface area contributed by atoms with Crippen molar-refractivity contribution < 1.29 is 5.11 Å². The molecule has 5 heteroatoms. The van der Waals surface area contributed by atoms with Gasteiger partial charge in [-0.15, -0.1) is 0 Å². The average molecular weight is 196 g/mol. The zero-order valence-corrected chi connectivity index (χ0v) is 7.50. The molecule has 2 N–H and O–H groups in total. The van der Waals surface area contributed by atoms with E-state index in [4.69, 9.17) is 26.3 Å². The molecule has 0 unspecified atom stereocenters. The van der Waals surface area contributed by atoms with E-state index in [1.165, 1.54) is 0 Å². The Morgan fingerprint density at radius 1 is 1.00 bits per heavy atom. The molecule has 0 heterocycles. The standard InChI is InChI=1S/C10H4N4O/c11-1-6-7(2-12)9(4-14)10(5-15)8(6)3-13/h13,15H,5H2. The van der Waals surface area contributed by atoms with Gasteiger partial charge in [-0.2, -0.15) is 15.8 Å². The SMILES string of the molecule is N#CC1=C(C#N)C(C#N)=C(CO)C1=C=N. The van der Waals surface area contributed by atoms with Crippen LogP contribution in [-0.2, 0) is 0 Å². The number of allylic oxidation sites excluding steroid dienone is 3. The molecule has 70 valence electrons. The predicted molar refractivity (Wildman–Crippen MR) is 49.2 cm³/mol. The first-order valence-corrected chi connectivity index (χ1v) is 3.84. The lowest BCUT2D eigenvalue weighted by atomic mass is 10.1. The Balaban J connectivity index is 3.65. The number of nitriles is 3. The summed E-state index contributed by atoms with van der Waals surface area (Å²) in [6, 6.07) is 5.18. The van der Waals surface area contributed by atoms with Gasteiger partial charge in [0.1, 0.15) is 18.2 Å². The van der Waals surface area contributed by atoms with Crippen molar-refractivity contribution in [2.75, 3.05) is 6.61 Å². The predicted octanol–water partition coefficient (Wildman–Crippen LogP) is 0.331. The first-order valence-electron chi connectivity index (χ1n) is 3.84. The normalized spacial score (nSPS) is 14.4. The van der Waals surface area contributed by atoms with Crippen molar-refractivity contribution in [2.24, 2.45) is 0 Å². The van der Waals surface area contributed by atoms with Gasteiger partial charge in [0.25, 0.3) is 0 Å². The minimum Gasteiger partial charge on any atom is -0.392 e. The summed E-state index contributed by atoms with van der Waals surface area (Å²) in [7, 11) is 0. The molecule has 0 atom stereocenters. The van der Waals surface area contributed by atoms with Gasteiger partial charge in [-0.25, -0.2) is 0 Å². The van der Waals surface area contributed by atoms with Gasteiger partial charge in [-0.1, -0.05) is 0 Å². The Bertz CT molecular complexity index is 554. The van der Waals surface area contributed by atoms with Gasteiger partial charge in [0.15, 0.2) is 0 Å². The van der Waals surface area contributed by atoms with E-state index in [9.17, 15) is 0 Å². The number of aliphatic hydroxyl groups is 1. The van der Waals surface area contributed by atoms with E-state index in [0.717, 1.165) is 0 Å². The van der Waals surface area contributed by atoms with E-state index in [-0.39, 0.29) is 27.9 Å². The third-order valence-corrected chi connectivity index (χ3v) is 1.97. The third-order valence-electron chi connectivity index (χ3n) is 1.97. The van der Waals surface area contributed by atoms with Crippen molar-refractivity contribution in [3.8, 4) is 18.2 Å². The van der Waals surface area contributed by atoms with Crippen LogP contribution >= 0.6 is 0 Å². The highest BCUT2D eigenvalue weighted by atomic mass is 16.3. The fourth-order valence-corrected chi connectivity index (χ4v) is 1.32. The zero-order chi connectivity index (χ0) is 11.4. The number of hydrogen-bond acceptors (Lipinski definition) is 5. The smallest absolute Gasteiger partial charge is 0.102 e. The summed E-state index contributed by atoms with van der Waals surface area (Å²) in [4.78, 5) is 0. The lowest BCUT2D eigenvalue weighted by molar-refractivity contribution is 0.334. The maximum absolute atomic E-state index is 9.00. The van der Waals surface area contributed by atoms with Crippen LogP contribution in [0.2, 0.25) is 0 Å². The van der Waals surface area contributed by atoms with E-state index in [2.05, 4.69) is 0 Å². The summed E-state index contributed by atoms with van der Waals surface area (Å²) in [6.07, 6.45) is 0. The van der Waals surface area contributed by atoms with Gasteiger partial charge >= 0.3 is 0 Å². The van der Waals surface area contributed by atoms with E-state index < -0.39 is 6.61 Å². The van der Waals surface area contributed by atoms with Crippen molar-refractivity contribution >= 4 is 5.87 Å². The molecule has 0 radical (unpaired) electrons. The molecule has 0 aromatic carbocycles. The van der Waals surface area contributed by atoms with E-state index >= 15 is 0 Å². The second-order valence-electron chi connectivity index (χ2n) is 2.60. The van der Waals surface area contributed by atoms with Crippen LogP contribution in [-0.4, -0.2) is 17.6 Å². The summed E-state index contributed by atoms with van der Waals surface area (Å²) >= 11 is 0. The van der Waals surface area contributed by atoms with Crippen molar-refractivity contribution in [1.82, 2.24) is 0 Å². The summed E-state index contributed by atoms with van der Waals surface area (Å²) in [5, 5.41) is 42.3. The van der Waals surface area contributed by atoms with Crippen molar-refractivity contribution in [2.45, 2.75) is 0 Å². The molecular weight excluding hydrogens is 192 g/mol. The summed E-state index contributed by atoms with van der Waals surface area (Å²) in [5.41, 5.74) is -0.0908. The Kier molecular flexibility index (Phi) is 2.82. The first kappa shape index (κ1) is 10.4. The summed E-state index contributed by atoms with van der Waals surface area (Å²) in [6.45, 7) is -0.500. The van der Waals surface area contributed by atoms with Crippen molar-refractivity contribution in [3.63, 3.8) is 0 Å². The molecule has 5 nitrogen and oxygen atoms in total. The van der Waals surface area contributed by atoms with E-state index in [0.29, 0.717) is 0 Å². The average Bonchev–Trinajstić information content (AvgIpc) is 2.59. The molecule has 1 aliphatic rings. The van der Waals surface area contributed by atoms with Crippen LogP contribution in [0.1, 0.15) is 0 Å². The molecule has 15 heavy (non-hydrogen) atoms. The molecule has 1 aliphatic carbocycles. The Morgan fingerprint density at radius 2 is 1.53 bits per heavy atom. The minimum absolute atomic E-state index is 0.0214. The number of nitrogens with one attached hydrogen (secondary N) is 1. The fourth-order valence-electron chi connectivity index (χ4n) is 1.32. The van der Waals surface area contributed by atoms with Gasteiger partial charge in [0.2, 0.25) is 0 Å². The van der Waals surface area contributed by atoms with Crippen LogP contribution in [0.5, 0.6) is 0 Å². The monoisotopic (exact) mass is 196 g/mol. The van der Waals surface area contributed by atoms with Gasteiger partial charge in [0.05, 0.1) is 28.9 Å². The Hall–Kier alpha value is -2.64. The number of nitrogens with zero attached hydrogens (tertiary/aromatic N) is 3. The molecular formula is C10H4N4O. The lowest BCUT2D eigenvalue weighted by Crippen LogP contribution is -1.95. The van der Waals surface area contributed by atoms with Crippen LogP contribution in [0, 0.1) is 39.4 Å². The minimum atomic E-state index is -0.500. The molecule has 0 spiro atoms. The van der Waals surface area contributed by atoms with Crippen LogP contribution < -0.4 is 0 Å². The zero-order valence-electron chi connectivity index (χ0n) is 7.50. The van der Waals surface area contributed by atoms with Crippen LogP contribution in [0.4, 0.5) is 0 Å². The van der Waals surface area contributed by atoms with Crippen LogP contribution in [0.15, 0.2) is 27.9 Å². The Morgan fingerprint density at radius 3 is 1.87 bits per heavy atom. The topological polar surface area (TPSA) is 115 Å². The third kappa shape index (κ3) is 1.33. The molecule has 0 aliphatic heterocycles. The molecule has 0 aromatic rings. The molecule has 0 fully saturated rings. The van der Waals surface area contributed by atoms with E-state index in [1.807, 2.05) is 5.87 Å². The van der Waals surface area contributed by atoms with Gasteiger partial charge in [-0.3, -0.25) is 5.41 Å². The maximum Gasteiger partial charge on any atom is 0.102 e. The largest absolute Gasteiger partial charge is 0.392 e. The second-order valence-corrected chi connectivity index (χ2v) is 2.60. The first-order chi connectivity index (χ1) is 7.24. The molecule has 0 saturated heterocycles. The second kappa shape index (κ2) is 4.05. The fraction of sp³-hybridized carbons (Fsp3) is 0.100. The number of aliphatic hydroxyl groups excluding tert-OH is 1. The van der Waals surface area contributed by atoms with Crippen LogP contribution in [0.25, 0.3) is 0 Å². The lowest BCUT2D eigenvalue weighted by Gasteiger charge is -1.97. The van der Waals surface area contributed by atoms with Crippen molar-refractivity contribution in [1.29, 1.82) is 21.2 Å². The number of hydrogen-bond donors (Lipinski definition) is 2. The number of rotatable bonds is 1. The highest BCUT2D eigenvalue weighted by Gasteiger charge is 2.29. The van der Waals surface area contributed by atoms with Crippen LogP contribution in [0.3, 0.4) is 0 Å². The van der Waals surface area contributed by atoms with Crippen molar-refractivity contribution in [3.05, 3.63) is 27.9 Å².